The average Bonchev–Trinajstić information content (AvgIpc) is 2.35. The average molecular weight is 285 g/mol. The Morgan fingerprint density at radius 2 is 2.10 bits per heavy atom. The summed E-state index contributed by atoms with van der Waals surface area (Å²) < 4.78 is 22.7. The first kappa shape index (κ1) is 16.2. The van der Waals surface area contributed by atoms with Gasteiger partial charge in [-0.25, -0.2) is 9.18 Å². The molecule has 1 aromatic rings. The van der Waals surface area contributed by atoms with Crippen molar-refractivity contribution in [1.82, 2.24) is 0 Å². The Kier molecular flexibility index (Phi) is 5.33. The van der Waals surface area contributed by atoms with Gasteiger partial charge in [0.1, 0.15) is 24.1 Å². The number of carbonyl (C=O) groups is 1. The molecule has 0 spiro atoms. The van der Waals surface area contributed by atoms with Crippen molar-refractivity contribution in [3.63, 3.8) is 0 Å². The molecule has 1 aromatic carbocycles. The number of hydrogen-bond donors (Lipinski definition) is 2. The Bertz CT molecular complexity index is 471. The predicted octanol–water partition coefficient (Wildman–Crippen LogP) is 3.05. The molecule has 1 atom stereocenters. The number of aliphatic hydroxyl groups excluding tert-OH is 1. The summed E-state index contributed by atoms with van der Waals surface area (Å²) in [5.41, 5.74) is 0.161. The van der Waals surface area contributed by atoms with Gasteiger partial charge < -0.3 is 14.6 Å². The lowest BCUT2D eigenvalue weighted by Crippen LogP contribution is -2.27. The van der Waals surface area contributed by atoms with E-state index >= 15 is 0 Å². The second kappa shape index (κ2) is 6.56. The zero-order valence-electron chi connectivity index (χ0n) is 12.1. The molecule has 20 heavy (non-hydrogen) atoms. The standard InChI is InChI=1S/C14H20FNO4/c1-14(2,3)20-13(18)16-9-5-6-10(11(17)8-15)12(7-9)19-4/h5-7,11,17H,8H2,1-4H3,(H,16,18). The van der Waals surface area contributed by atoms with Crippen LogP contribution in [0.1, 0.15) is 32.4 Å². The van der Waals surface area contributed by atoms with Crippen LogP contribution in [0.3, 0.4) is 0 Å². The van der Waals surface area contributed by atoms with Crippen molar-refractivity contribution >= 4 is 11.8 Å². The van der Waals surface area contributed by atoms with Gasteiger partial charge in [-0.05, 0) is 26.8 Å². The molecule has 112 valence electrons. The highest BCUT2D eigenvalue weighted by Gasteiger charge is 2.18. The lowest BCUT2D eigenvalue weighted by molar-refractivity contribution is 0.0636. The van der Waals surface area contributed by atoms with Gasteiger partial charge in [-0.3, -0.25) is 5.32 Å². The number of rotatable bonds is 4. The summed E-state index contributed by atoms with van der Waals surface area (Å²) in [5, 5.41) is 12.0. The first-order valence-electron chi connectivity index (χ1n) is 6.19. The molecule has 0 aliphatic heterocycles. The fraction of sp³-hybridized carbons (Fsp3) is 0.500. The highest BCUT2D eigenvalue weighted by molar-refractivity contribution is 5.85. The third-order valence-corrected chi connectivity index (χ3v) is 2.38. The van der Waals surface area contributed by atoms with E-state index in [0.717, 1.165) is 0 Å². The molecule has 0 bridgehead atoms. The first-order chi connectivity index (χ1) is 9.26. The molecular weight excluding hydrogens is 265 g/mol. The Labute approximate surface area is 117 Å². The second-order valence-corrected chi connectivity index (χ2v) is 5.25. The van der Waals surface area contributed by atoms with Gasteiger partial charge in [0.25, 0.3) is 0 Å². The first-order valence-corrected chi connectivity index (χ1v) is 6.19. The van der Waals surface area contributed by atoms with Gasteiger partial charge in [-0.15, -0.1) is 0 Å². The van der Waals surface area contributed by atoms with Crippen LogP contribution < -0.4 is 10.1 Å². The van der Waals surface area contributed by atoms with E-state index in [9.17, 15) is 14.3 Å². The summed E-state index contributed by atoms with van der Waals surface area (Å²) >= 11 is 0. The number of anilines is 1. The van der Waals surface area contributed by atoms with Gasteiger partial charge in [0.15, 0.2) is 0 Å². The molecule has 0 fully saturated rings. The van der Waals surface area contributed by atoms with Crippen LogP contribution in [-0.4, -0.2) is 30.6 Å². The number of amides is 1. The summed E-state index contributed by atoms with van der Waals surface area (Å²) in [6.45, 7) is 4.37. The molecule has 0 heterocycles. The largest absolute Gasteiger partial charge is 0.496 e. The Balaban J connectivity index is 2.85. The number of ether oxygens (including phenoxy) is 2. The summed E-state index contributed by atoms with van der Waals surface area (Å²) in [7, 11) is 1.40. The number of carbonyl (C=O) groups excluding carboxylic acids is 1. The minimum Gasteiger partial charge on any atom is -0.496 e. The van der Waals surface area contributed by atoms with Crippen molar-refractivity contribution in [2.75, 3.05) is 19.1 Å². The highest BCUT2D eigenvalue weighted by atomic mass is 19.1. The van der Waals surface area contributed by atoms with Crippen LogP contribution in [0.25, 0.3) is 0 Å². The van der Waals surface area contributed by atoms with Crippen molar-refractivity contribution in [3.8, 4) is 5.75 Å². The van der Waals surface area contributed by atoms with Gasteiger partial charge in [-0.1, -0.05) is 6.07 Å². The van der Waals surface area contributed by atoms with Crippen LogP contribution in [0.2, 0.25) is 0 Å². The minimum absolute atomic E-state index is 0.295. The van der Waals surface area contributed by atoms with E-state index in [0.29, 0.717) is 17.0 Å². The SMILES string of the molecule is COc1cc(NC(=O)OC(C)(C)C)ccc1C(O)CF. The third-order valence-electron chi connectivity index (χ3n) is 2.38. The van der Waals surface area contributed by atoms with E-state index in [4.69, 9.17) is 9.47 Å². The van der Waals surface area contributed by atoms with Crippen molar-refractivity contribution in [3.05, 3.63) is 23.8 Å². The molecule has 0 aliphatic rings. The maximum Gasteiger partial charge on any atom is 0.412 e. The van der Waals surface area contributed by atoms with Crippen molar-refractivity contribution in [2.45, 2.75) is 32.5 Å². The van der Waals surface area contributed by atoms with Crippen LogP contribution in [0.15, 0.2) is 18.2 Å². The van der Waals surface area contributed by atoms with Crippen LogP contribution in [-0.2, 0) is 4.74 Å². The van der Waals surface area contributed by atoms with E-state index in [1.54, 1.807) is 26.8 Å². The molecular formula is C14H20FNO4. The zero-order valence-corrected chi connectivity index (χ0v) is 12.1. The number of nitrogens with one attached hydrogen (secondary N) is 1. The molecule has 1 rings (SSSR count). The lowest BCUT2D eigenvalue weighted by atomic mass is 10.1. The van der Waals surface area contributed by atoms with Crippen LogP contribution in [0.5, 0.6) is 5.75 Å². The normalized spacial score (nSPS) is 12.7. The molecule has 2 N–H and O–H groups in total. The summed E-state index contributed by atoms with van der Waals surface area (Å²) in [6.07, 6.45) is -1.85. The van der Waals surface area contributed by atoms with E-state index in [1.807, 2.05) is 0 Å². The van der Waals surface area contributed by atoms with Crippen molar-refractivity contribution < 1.29 is 23.8 Å². The van der Waals surface area contributed by atoms with Gasteiger partial charge in [-0.2, -0.15) is 0 Å². The Hall–Kier alpha value is -1.82. The maximum absolute atomic E-state index is 12.5. The highest BCUT2D eigenvalue weighted by Crippen LogP contribution is 2.29. The number of methoxy groups -OCH3 is 1. The Morgan fingerprint density at radius 1 is 1.45 bits per heavy atom. The predicted molar refractivity (Wildman–Crippen MR) is 73.8 cm³/mol. The van der Waals surface area contributed by atoms with Gasteiger partial charge in [0, 0.05) is 17.3 Å². The summed E-state index contributed by atoms with van der Waals surface area (Å²) in [5.74, 6) is 0.295. The third kappa shape index (κ3) is 4.70. The maximum atomic E-state index is 12.5. The molecule has 5 nitrogen and oxygen atoms in total. The number of halogens is 1. The van der Waals surface area contributed by atoms with E-state index in [-0.39, 0.29) is 0 Å². The molecule has 0 aromatic heterocycles. The van der Waals surface area contributed by atoms with Crippen LogP contribution in [0, 0.1) is 0 Å². The topological polar surface area (TPSA) is 67.8 Å². The molecule has 6 heteroatoms. The van der Waals surface area contributed by atoms with E-state index in [1.165, 1.54) is 19.2 Å². The molecule has 0 radical (unpaired) electrons. The monoisotopic (exact) mass is 285 g/mol. The molecule has 0 saturated heterocycles. The van der Waals surface area contributed by atoms with Gasteiger partial charge in [0.2, 0.25) is 0 Å². The number of hydrogen-bond acceptors (Lipinski definition) is 4. The number of benzene rings is 1. The Morgan fingerprint density at radius 3 is 2.60 bits per heavy atom. The van der Waals surface area contributed by atoms with E-state index < -0.39 is 24.5 Å². The quantitative estimate of drug-likeness (QED) is 0.892. The molecule has 0 saturated carbocycles. The summed E-state index contributed by atoms with van der Waals surface area (Å²) in [4.78, 5) is 11.6. The van der Waals surface area contributed by atoms with Crippen LogP contribution in [0.4, 0.5) is 14.9 Å². The minimum atomic E-state index is -1.25. The van der Waals surface area contributed by atoms with Crippen molar-refractivity contribution in [2.24, 2.45) is 0 Å². The fourth-order valence-corrected chi connectivity index (χ4v) is 1.57. The second-order valence-electron chi connectivity index (χ2n) is 5.25. The molecule has 0 aliphatic carbocycles. The zero-order chi connectivity index (χ0) is 15.3. The van der Waals surface area contributed by atoms with Gasteiger partial charge in [0.05, 0.1) is 7.11 Å². The fourth-order valence-electron chi connectivity index (χ4n) is 1.57. The van der Waals surface area contributed by atoms with E-state index in [2.05, 4.69) is 5.32 Å². The smallest absolute Gasteiger partial charge is 0.412 e. The number of aliphatic hydroxyl groups is 1. The number of alkyl halides is 1. The summed E-state index contributed by atoms with van der Waals surface area (Å²) in [6, 6.07) is 4.54. The molecule has 1 amide bonds. The van der Waals surface area contributed by atoms with Crippen LogP contribution >= 0.6 is 0 Å². The van der Waals surface area contributed by atoms with Gasteiger partial charge >= 0.3 is 6.09 Å². The lowest BCUT2D eigenvalue weighted by Gasteiger charge is -2.20. The molecule has 1 unspecified atom stereocenters. The van der Waals surface area contributed by atoms with Crippen molar-refractivity contribution in [1.29, 1.82) is 0 Å².